The molecule has 1 aromatic rings. The lowest BCUT2D eigenvalue weighted by Gasteiger charge is -2.28. The van der Waals surface area contributed by atoms with E-state index in [0.717, 1.165) is 30.6 Å². The molecule has 2 heteroatoms. The molecule has 0 aliphatic rings. The lowest BCUT2D eigenvalue weighted by molar-refractivity contribution is 0.535. The number of nitrogens with zero attached hydrogens (tertiary/aromatic N) is 1. The molecule has 0 aliphatic carbocycles. The van der Waals surface area contributed by atoms with Gasteiger partial charge in [0, 0.05) is 24.5 Å². The number of hydrogen-bond donors (Lipinski definition) is 1. The maximum atomic E-state index is 5.95. The fourth-order valence-corrected chi connectivity index (χ4v) is 2.15. The number of benzene rings is 1. The van der Waals surface area contributed by atoms with Gasteiger partial charge in [-0.25, -0.2) is 0 Å². The number of anilines is 2. The molecule has 0 bridgehead atoms. The van der Waals surface area contributed by atoms with E-state index in [2.05, 4.69) is 51.7 Å². The standard InChI is InChI=1S/C17H30N2/c1-13(2)8-10-19(11-9-14(3)4)17-12-16(18)7-6-15(17)5/h6-7,12-14H,8-11,18H2,1-5H3. The van der Waals surface area contributed by atoms with Gasteiger partial charge in [0.25, 0.3) is 0 Å². The average molecular weight is 262 g/mol. The van der Waals surface area contributed by atoms with Crippen LogP contribution < -0.4 is 10.6 Å². The zero-order valence-corrected chi connectivity index (χ0v) is 13.2. The number of aryl methyl sites for hydroxylation is 1. The SMILES string of the molecule is Cc1ccc(N)cc1N(CCC(C)C)CCC(C)C. The van der Waals surface area contributed by atoms with Crippen molar-refractivity contribution in [2.75, 3.05) is 23.7 Å². The topological polar surface area (TPSA) is 29.3 Å². The Kier molecular flexibility index (Phi) is 6.20. The quantitative estimate of drug-likeness (QED) is 0.734. The third kappa shape index (κ3) is 5.54. The molecule has 0 saturated carbocycles. The van der Waals surface area contributed by atoms with Crippen LogP contribution in [0.4, 0.5) is 11.4 Å². The van der Waals surface area contributed by atoms with Gasteiger partial charge in [-0.3, -0.25) is 0 Å². The molecule has 0 aromatic heterocycles. The first-order valence-corrected chi connectivity index (χ1v) is 7.51. The Morgan fingerprint density at radius 1 is 1.00 bits per heavy atom. The predicted molar refractivity (Wildman–Crippen MR) is 86.7 cm³/mol. The van der Waals surface area contributed by atoms with Crippen molar-refractivity contribution in [3.63, 3.8) is 0 Å². The Morgan fingerprint density at radius 2 is 1.53 bits per heavy atom. The van der Waals surface area contributed by atoms with E-state index in [1.807, 2.05) is 6.07 Å². The summed E-state index contributed by atoms with van der Waals surface area (Å²) in [5, 5.41) is 0. The first kappa shape index (κ1) is 15.9. The van der Waals surface area contributed by atoms with E-state index in [1.54, 1.807) is 0 Å². The van der Waals surface area contributed by atoms with Crippen LogP contribution in [0.5, 0.6) is 0 Å². The molecular weight excluding hydrogens is 232 g/mol. The highest BCUT2D eigenvalue weighted by Crippen LogP contribution is 2.24. The summed E-state index contributed by atoms with van der Waals surface area (Å²) in [5.41, 5.74) is 9.44. The Morgan fingerprint density at radius 3 is 2.00 bits per heavy atom. The first-order chi connectivity index (χ1) is 8.90. The van der Waals surface area contributed by atoms with Crippen LogP contribution in [0, 0.1) is 18.8 Å². The smallest absolute Gasteiger partial charge is 0.0416 e. The van der Waals surface area contributed by atoms with Gasteiger partial charge in [0.05, 0.1) is 0 Å². The molecule has 0 atom stereocenters. The third-order valence-corrected chi connectivity index (χ3v) is 3.53. The second-order valence-corrected chi connectivity index (χ2v) is 6.40. The van der Waals surface area contributed by atoms with Crippen LogP contribution >= 0.6 is 0 Å². The molecule has 0 amide bonds. The number of nitrogen functional groups attached to an aromatic ring is 1. The molecule has 0 radical (unpaired) electrons. The second-order valence-electron chi connectivity index (χ2n) is 6.40. The number of rotatable bonds is 7. The summed E-state index contributed by atoms with van der Waals surface area (Å²) in [6.07, 6.45) is 2.46. The zero-order chi connectivity index (χ0) is 14.4. The molecule has 0 heterocycles. The minimum Gasteiger partial charge on any atom is -0.399 e. The van der Waals surface area contributed by atoms with Crippen LogP contribution in [-0.4, -0.2) is 13.1 Å². The minimum atomic E-state index is 0.739. The van der Waals surface area contributed by atoms with Gasteiger partial charge in [0.2, 0.25) is 0 Å². The number of nitrogens with two attached hydrogens (primary N) is 1. The molecule has 0 unspecified atom stereocenters. The van der Waals surface area contributed by atoms with Gasteiger partial charge in [-0.2, -0.15) is 0 Å². The molecule has 2 N–H and O–H groups in total. The molecule has 2 nitrogen and oxygen atoms in total. The summed E-state index contributed by atoms with van der Waals surface area (Å²) >= 11 is 0. The monoisotopic (exact) mass is 262 g/mol. The molecular formula is C17H30N2. The zero-order valence-electron chi connectivity index (χ0n) is 13.2. The van der Waals surface area contributed by atoms with Crippen molar-refractivity contribution >= 4 is 11.4 Å². The Balaban J connectivity index is 2.83. The summed E-state index contributed by atoms with van der Waals surface area (Å²) in [6, 6.07) is 6.24. The van der Waals surface area contributed by atoms with Gasteiger partial charge in [0.15, 0.2) is 0 Å². The van der Waals surface area contributed by atoms with Gasteiger partial charge in [-0.1, -0.05) is 33.8 Å². The van der Waals surface area contributed by atoms with Gasteiger partial charge in [-0.15, -0.1) is 0 Å². The molecule has 108 valence electrons. The normalized spacial score (nSPS) is 11.3. The predicted octanol–water partition coefficient (Wildman–Crippen LogP) is 4.48. The number of hydrogen-bond acceptors (Lipinski definition) is 2. The van der Waals surface area contributed by atoms with Gasteiger partial charge in [-0.05, 0) is 49.3 Å². The van der Waals surface area contributed by atoms with Crippen LogP contribution in [0.2, 0.25) is 0 Å². The average Bonchev–Trinajstić information content (AvgIpc) is 2.32. The summed E-state index contributed by atoms with van der Waals surface area (Å²) in [7, 11) is 0. The summed E-state index contributed by atoms with van der Waals surface area (Å²) < 4.78 is 0. The van der Waals surface area contributed by atoms with E-state index in [1.165, 1.54) is 24.1 Å². The van der Waals surface area contributed by atoms with Crippen molar-refractivity contribution in [1.82, 2.24) is 0 Å². The molecule has 0 spiro atoms. The van der Waals surface area contributed by atoms with E-state index in [0.29, 0.717) is 0 Å². The van der Waals surface area contributed by atoms with Gasteiger partial charge in [0.1, 0.15) is 0 Å². The van der Waals surface area contributed by atoms with E-state index in [-0.39, 0.29) is 0 Å². The summed E-state index contributed by atoms with van der Waals surface area (Å²) in [6.45, 7) is 13.6. The third-order valence-electron chi connectivity index (χ3n) is 3.53. The van der Waals surface area contributed by atoms with Gasteiger partial charge < -0.3 is 10.6 Å². The minimum absolute atomic E-state index is 0.739. The van der Waals surface area contributed by atoms with Crippen molar-refractivity contribution < 1.29 is 0 Å². The van der Waals surface area contributed by atoms with Crippen LogP contribution in [0.25, 0.3) is 0 Å². The van der Waals surface area contributed by atoms with Crippen LogP contribution in [0.1, 0.15) is 46.1 Å². The maximum Gasteiger partial charge on any atom is 0.0416 e. The lowest BCUT2D eigenvalue weighted by atomic mass is 10.1. The molecule has 19 heavy (non-hydrogen) atoms. The van der Waals surface area contributed by atoms with Crippen molar-refractivity contribution in [3.05, 3.63) is 23.8 Å². The molecule has 0 aliphatic heterocycles. The maximum absolute atomic E-state index is 5.95. The Bertz CT molecular complexity index is 371. The van der Waals surface area contributed by atoms with Crippen molar-refractivity contribution in [2.45, 2.75) is 47.5 Å². The van der Waals surface area contributed by atoms with E-state index in [9.17, 15) is 0 Å². The highest BCUT2D eigenvalue weighted by atomic mass is 15.1. The van der Waals surface area contributed by atoms with Crippen molar-refractivity contribution in [2.24, 2.45) is 11.8 Å². The fraction of sp³-hybridized carbons (Fsp3) is 0.647. The molecule has 0 saturated heterocycles. The summed E-state index contributed by atoms with van der Waals surface area (Å²) in [5.74, 6) is 1.48. The second kappa shape index (κ2) is 7.42. The lowest BCUT2D eigenvalue weighted by Crippen LogP contribution is -2.28. The molecule has 0 fully saturated rings. The molecule has 1 rings (SSSR count). The Hall–Kier alpha value is -1.18. The van der Waals surface area contributed by atoms with Gasteiger partial charge >= 0.3 is 0 Å². The fourth-order valence-electron chi connectivity index (χ4n) is 2.15. The van der Waals surface area contributed by atoms with Crippen LogP contribution in [-0.2, 0) is 0 Å². The highest BCUT2D eigenvalue weighted by molar-refractivity contribution is 5.60. The largest absolute Gasteiger partial charge is 0.399 e. The molecule has 1 aromatic carbocycles. The van der Waals surface area contributed by atoms with E-state index in [4.69, 9.17) is 5.73 Å². The van der Waals surface area contributed by atoms with Crippen LogP contribution in [0.3, 0.4) is 0 Å². The Labute approximate surface area is 119 Å². The highest BCUT2D eigenvalue weighted by Gasteiger charge is 2.11. The summed E-state index contributed by atoms with van der Waals surface area (Å²) in [4.78, 5) is 2.51. The van der Waals surface area contributed by atoms with Crippen molar-refractivity contribution in [3.8, 4) is 0 Å². The van der Waals surface area contributed by atoms with Crippen molar-refractivity contribution in [1.29, 1.82) is 0 Å². The first-order valence-electron chi connectivity index (χ1n) is 7.51. The van der Waals surface area contributed by atoms with E-state index < -0.39 is 0 Å². The van der Waals surface area contributed by atoms with Crippen LogP contribution in [0.15, 0.2) is 18.2 Å². The van der Waals surface area contributed by atoms with E-state index >= 15 is 0 Å².